The van der Waals surface area contributed by atoms with Crippen molar-refractivity contribution in [1.29, 1.82) is 0 Å². The molecule has 122 valence electrons. The van der Waals surface area contributed by atoms with Crippen molar-refractivity contribution in [2.24, 2.45) is 5.10 Å². The van der Waals surface area contributed by atoms with Gasteiger partial charge in [-0.05, 0) is 68.7 Å². The van der Waals surface area contributed by atoms with Crippen LogP contribution in [0.15, 0.2) is 29.4 Å². The second-order valence-electron chi connectivity index (χ2n) is 5.68. The monoisotopic (exact) mass is 332 g/mol. The molecule has 1 aliphatic rings. The Morgan fingerprint density at radius 3 is 2.87 bits per heavy atom. The Hall–Kier alpha value is -1.99. The van der Waals surface area contributed by atoms with E-state index < -0.39 is 0 Å². The van der Waals surface area contributed by atoms with E-state index in [-0.39, 0.29) is 12.2 Å². The quantitative estimate of drug-likeness (QED) is 0.673. The number of aromatic nitrogens is 3. The van der Waals surface area contributed by atoms with E-state index in [4.69, 9.17) is 21.7 Å². The minimum atomic E-state index is -0.0399. The van der Waals surface area contributed by atoms with Crippen molar-refractivity contribution in [2.75, 3.05) is 6.61 Å². The smallest absolute Gasteiger partial charge is 0.216 e. The predicted molar refractivity (Wildman–Crippen MR) is 90.5 cm³/mol. The summed E-state index contributed by atoms with van der Waals surface area (Å²) in [5.74, 6) is 1.57. The summed E-state index contributed by atoms with van der Waals surface area (Å²) in [5.41, 5.74) is 0.961. The van der Waals surface area contributed by atoms with E-state index in [1.165, 1.54) is 0 Å². The Morgan fingerprint density at radius 1 is 1.43 bits per heavy atom. The first-order chi connectivity index (χ1) is 11.1. The highest BCUT2D eigenvalue weighted by molar-refractivity contribution is 7.71. The molecule has 0 saturated carbocycles. The molecule has 0 aliphatic carbocycles. The molecule has 0 spiro atoms. The van der Waals surface area contributed by atoms with E-state index in [0.29, 0.717) is 4.77 Å². The highest BCUT2D eigenvalue weighted by atomic mass is 32.1. The fourth-order valence-electron chi connectivity index (χ4n) is 2.43. The Bertz CT molecular complexity index is 727. The van der Waals surface area contributed by atoms with Crippen LogP contribution in [0.25, 0.3) is 0 Å². The molecule has 2 heterocycles. The number of rotatable bonds is 5. The molecular weight excluding hydrogens is 312 g/mol. The van der Waals surface area contributed by atoms with Crippen molar-refractivity contribution >= 4 is 18.4 Å². The fraction of sp³-hybridized carbons (Fsp3) is 0.438. The fourth-order valence-corrected chi connectivity index (χ4v) is 2.62. The lowest BCUT2D eigenvalue weighted by Gasteiger charge is -2.09. The van der Waals surface area contributed by atoms with Crippen LogP contribution in [0.2, 0.25) is 0 Å². The van der Waals surface area contributed by atoms with Gasteiger partial charge in [-0.1, -0.05) is 0 Å². The standard InChI is InChI=1S/C16H20N4O2S/c1-11(2)22-13-7-5-12(6-8-13)10-17-20-15(18-19-16(20)23)14-4-3-9-21-14/h5-8,10-11,14H,3-4,9H2,1-2H3,(H,19,23)/b17-10-. The zero-order valence-corrected chi connectivity index (χ0v) is 14.0. The molecule has 1 aliphatic heterocycles. The first-order valence-corrected chi connectivity index (χ1v) is 8.14. The second kappa shape index (κ2) is 7.06. The molecule has 1 atom stereocenters. The molecule has 1 aromatic carbocycles. The number of nitrogens with zero attached hydrogens (tertiary/aromatic N) is 3. The lowest BCUT2D eigenvalue weighted by Crippen LogP contribution is -2.06. The predicted octanol–water partition coefficient (Wildman–Crippen LogP) is 3.46. The summed E-state index contributed by atoms with van der Waals surface area (Å²) in [6.45, 7) is 4.76. The highest BCUT2D eigenvalue weighted by Crippen LogP contribution is 2.26. The summed E-state index contributed by atoms with van der Waals surface area (Å²) in [7, 11) is 0. The van der Waals surface area contributed by atoms with E-state index >= 15 is 0 Å². The van der Waals surface area contributed by atoms with Crippen molar-refractivity contribution in [1.82, 2.24) is 14.9 Å². The minimum absolute atomic E-state index is 0.0399. The molecule has 1 unspecified atom stereocenters. The Balaban J connectivity index is 1.77. The van der Waals surface area contributed by atoms with E-state index in [1.807, 2.05) is 38.1 Å². The van der Waals surface area contributed by atoms with Crippen LogP contribution in [0, 0.1) is 4.77 Å². The third kappa shape index (κ3) is 3.86. The maximum absolute atomic E-state index is 5.66. The molecular formula is C16H20N4O2S. The Morgan fingerprint density at radius 2 is 2.22 bits per heavy atom. The summed E-state index contributed by atoms with van der Waals surface area (Å²) in [4.78, 5) is 0. The van der Waals surface area contributed by atoms with Crippen LogP contribution in [0.1, 0.15) is 44.2 Å². The number of aromatic amines is 1. The summed E-state index contributed by atoms with van der Waals surface area (Å²) >= 11 is 5.25. The number of H-pyrrole nitrogens is 1. The van der Waals surface area contributed by atoms with E-state index in [2.05, 4.69) is 15.3 Å². The van der Waals surface area contributed by atoms with Crippen molar-refractivity contribution in [2.45, 2.75) is 38.9 Å². The summed E-state index contributed by atoms with van der Waals surface area (Å²) in [6, 6.07) is 7.77. The molecule has 1 N–H and O–H groups in total. The van der Waals surface area contributed by atoms with Gasteiger partial charge in [-0.25, -0.2) is 0 Å². The summed E-state index contributed by atoms with van der Waals surface area (Å²) in [6.07, 6.45) is 3.85. The number of benzene rings is 1. The molecule has 7 heteroatoms. The van der Waals surface area contributed by atoms with Crippen molar-refractivity contribution in [3.05, 3.63) is 40.4 Å². The zero-order valence-electron chi connectivity index (χ0n) is 13.2. The van der Waals surface area contributed by atoms with Crippen molar-refractivity contribution in [3.63, 3.8) is 0 Å². The SMILES string of the molecule is CC(C)Oc1ccc(/C=N\n2c(C3CCCO3)n[nH]c2=S)cc1. The maximum atomic E-state index is 5.66. The lowest BCUT2D eigenvalue weighted by molar-refractivity contribution is 0.102. The average Bonchev–Trinajstić information content (AvgIpc) is 3.16. The largest absolute Gasteiger partial charge is 0.491 e. The first-order valence-electron chi connectivity index (χ1n) is 7.73. The average molecular weight is 332 g/mol. The molecule has 2 aromatic rings. The lowest BCUT2D eigenvalue weighted by atomic mass is 10.2. The summed E-state index contributed by atoms with van der Waals surface area (Å²) < 4.78 is 13.4. The Labute approximate surface area is 140 Å². The topological polar surface area (TPSA) is 64.4 Å². The highest BCUT2D eigenvalue weighted by Gasteiger charge is 2.23. The number of hydrogen-bond acceptors (Lipinski definition) is 5. The third-order valence-corrected chi connectivity index (χ3v) is 3.73. The van der Waals surface area contributed by atoms with Crippen LogP contribution < -0.4 is 4.74 Å². The van der Waals surface area contributed by atoms with Gasteiger partial charge in [-0.2, -0.15) is 14.9 Å². The van der Waals surface area contributed by atoms with E-state index in [9.17, 15) is 0 Å². The third-order valence-electron chi connectivity index (χ3n) is 3.47. The number of ether oxygens (including phenoxy) is 2. The van der Waals surface area contributed by atoms with Gasteiger partial charge in [0.15, 0.2) is 5.82 Å². The van der Waals surface area contributed by atoms with Crippen LogP contribution in [0.5, 0.6) is 5.75 Å². The van der Waals surface area contributed by atoms with Crippen molar-refractivity contribution in [3.8, 4) is 5.75 Å². The molecule has 6 nitrogen and oxygen atoms in total. The Kier molecular flexibility index (Phi) is 4.88. The number of nitrogens with one attached hydrogen (secondary N) is 1. The van der Waals surface area contributed by atoms with Crippen LogP contribution in [-0.2, 0) is 4.74 Å². The minimum Gasteiger partial charge on any atom is -0.491 e. The van der Waals surface area contributed by atoms with Gasteiger partial charge in [0.25, 0.3) is 0 Å². The number of hydrogen-bond donors (Lipinski definition) is 1. The van der Waals surface area contributed by atoms with Gasteiger partial charge in [0.2, 0.25) is 4.77 Å². The van der Waals surface area contributed by atoms with Gasteiger partial charge in [0, 0.05) is 6.61 Å². The molecule has 0 radical (unpaired) electrons. The van der Waals surface area contributed by atoms with Crippen LogP contribution in [0.3, 0.4) is 0 Å². The van der Waals surface area contributed by atoms with Gasteiger partial charge in [0.05, 0.1) is 12.3 Å². The van der Waals surface area contributed by atoms with E-state index in [0.717, 1.165) is 36.6 Å². The molecule has 1 fully saturated rings. The second-order valence-corrected chi connectivity index (χ2v) is 6.07. The van der Waals surface area contributed by atoms with Gasteiger partial charge >= 0.3 is 0 Å². The van der Waals surface area contributed by atoms with Gasteiger partial charge in [-0.15, -0.1) is 0 Å². The summed E-state index contributed by atoms with van der Waals surface area (Å²) in [5, 5.41) is 11.5. The first kappa shape index (κ1) is 15.9. The molecule has 3 rings (SSSR count). The van der Waals surface area contributed by atoms with Crippen LogP contribution >= 0.6 is 12.2 Å². The van der Waals surface area contributed by atoms with Gasteiger partial charge < -0.3 is 9.47 Å². The maximum Gasteiger partial charge on any atom is 0.216 e. The van der Waals surface area contributed by atoms with Crippen molar-refractivity contribution < 1.29 is 9.47 Å². The van der Waals surface area contributed by atoms with Crippen LogP contribution in [-0.4, -0.2) is 33.8 Å². The molecule has 0 bridgehead atoms. The van der Waals surface area contributed by atoms with E-state index in [1.54, 1.807) is 10.9 Å². The zero-order chi connectivity index (χ0) is 16.2. The molecule has 1 aromatic heterocycles. The van der Waals surface area contributed by atoms with Gasteiger partial charge in [-0.3, -0.25) is 5.10 Å². The van der Waals surface area contributed by atoms with Crippen LogP contribution in [0.4, 0.5) is 0 Å². The normalized spacial score (nSPS) is 18.1. The molecule has 0 amide bonds. The van der Waals surface area contributed by atoms with Gasteiger partial charge in [0.1, 0.15) is 11.9 Å². The molecule has 1 saturated heterocycles. The molecule has 23 heavy (non-hydrogen) atoms.